The molecule has 20 heavy (non-hydrogen) atoms. The lowest BCUT2D eigenvalue weighted by Crippen LogP contribution is -2.37. The fourth-order valence-electron chi connectivity index (χ4n) is 2.20. The van der Waals surface area contributed by atoms with Crippen LogP contribution in [0.25, 0.3) is 0 Å². The molecule has 0 aliphatic rings. The van der Waals surface area contributed by atoms with E-state index in [-0.39, 0.29) is 11.9 Å². The second-order valence-electron chi connectivity index (χ2n) is 5.74. The van der Waals surface area contributed by atoms with Gasteiger partial charge in [-0.2, -0.15) is 0 Å². The maximum atomic E-state index is 12.9. The van der Waals surface area contributed by atoms with E-state index in [9.17, 15) is 14.6 Å². The molecule has 0 saturated carbocycles. The minimum Gasteiger partial charge on any atom is -0.392 e. The minimum atomic E-state index is -0.668. The van der Waals surface area contributed by atoms with Crippen molar-refractivity contribution in [2.75, 3.05) is 19.6 Å². The van der Waals surface area contributed by atoms with Gasteiger partial charge in [0, 0.05) is 19.6 Å². The van der Waals surface area contributed by atoms with E-state index >= 15 is 0 Å². The third-order valence-electron chi connectivity index (χ3n) is 3.25. The molecule has 0 aliphatic carbocycles. The second-order valence-corrected chi connectivity index (χ2v) is 5.74. The van der Waals surface area contributed by atoms with Gasteiger partial charge in [0.1, 0.15) is 5.82 Å². The predicted octanol–water partition coefficient (Wildman–Crippen LogP) is 2.59. The Morgan fingerprint density at radius 2 is 1.65 bits per heavy atom. The highest BCUT2D eigenvalue weighted by atomic mass is 19.1. The summed E-state index contributed by atoms with van der Waals surface area (Å²) in [5, 5.41) is 20.0. The lowest BCUT2D eigenvalue weighted by molar-refractivity contribution is 0.0615. The van der Waals surface area contributed by atoms with Crippen LogP contribution in [-0.2, 0) is 0 Å². The first-order chi connectivity index (χ1) is 9.42. The molecule has 4 heteroatoms. The van der Waals surface area contributed by atoms with Crippen LogP contribution in [0.1, 0.15) is 38.9 Å². The highest BCUT2D eigenvalue weighted by molar-refractivity contribution is 5.18. The number of hydrogen-bond acceptors (Lipinski definition) is 3. The van der Waals surface area contributed by atoms with E-state index in [1.807, 2.05) is 6.92 Å². The van der Waals surface area contributed by atoms with Crippen LogP contribution in [0.4, 0.5) is 4.39 Å². The van der Waals surface area contributed by atoms with Crippen LogP contribution in [0.3, 0.4) is 0 Å². The highest BCUT2D eigenvalue weighted by Gasteiger charge is 2.17. The van der Waals surface area contributed by atoms with Crippen molar-refractivity contribution in [2.24, 2.45) is 5.92 Å². The predicted molar refractivity (Wildman–Crippen MR) is 78.9 cm³/mol. The Labute approximate surface area is 121 Å². The number of hydrogen-bond donors (Lipinski definition) is 2. The van der Waals surface area contributed by atoms with Gasteiger partial charge in [-0.15, -0.1) is 0 Å². The molecule has 0 aromatic heterocycles. The first-order valence-corrected chi connectivity index (χ1v) is 7.26. The van der Waals surface area contributed by atoms with Crippen molar-refractivity contribution in [1.29, 1.82) is 0 Å². The molecule has 0 saturated heterocycles. The minimum absolute atomic E-state index is 0.304. The monoisotopic (exact) mass is 283 g/mol. The summed E-state index contributed by atoms with van der Waals surface area (Å²) in [6, 6.07) is 5.91. The lowest BCUT2D eigenvalue weighted by Gasteiger charge is -2.28. The maximum Gasteiger partial charge on any atom is 0.123 e. The van der Waals surface area contributed by atoms with Gasteiger partial charge in [-0.25, -0.2) is 4.39 Å². The van der Waals surface area contributed by atoms with Crippen LogP contribution in [-0.4, -0.2) is 40.9 Å². The van der Waals surface area contributed by atoms with Gasteiger partial charge in [0.2, 0.25) is 0 Å². The van der Waals surface area contributed by atoms with Crippen molar-refractivity contribution in [3.05, 3.63) is 35.6 Å². The largest absolute Gasteiger partial charge is 0.392 e. The van der Waals surface area contributed by atoms with E-state index < -0.39 is 6.10 Å². The van der Waals surface area contributed by atoms with Crippen molar-refractivity contribution in [3.63, 3.8) is 0 Å². The molecule has 2 N–H and O–H groups in total. The number of aliphatic hydroxyl groups excluding tert-OH is 2. The molecule has 0 bridgehead atoms. The Morgan fingerprint density at radius 3 is 2.15 bits per heavy atom. The van der Waals surface area contributed by atoms with E-state index in [2.05, 4.69) is 18.7 Å². The standard InChI is InChI=1S/C16H26FNO2/c1-4-15(19)10-18(9-12(2)3)11-16(20)13-5-7-14(17)8-6-13/h5-8,12,15-16,19-20H,4,9-11H2,1-3H3. The average Bonchev–Trinajstić information content (AvgIpc) is 2.38. The summed E-state index contributed by atoms with van der Waals surface area (Å²) in [4.78, 5) is 2.06. The zero-order valence-corrected chi connectivity index (χ0v) is 12.6. The molecular formula is C16H26FNO2. The number of halogens is 1. The van der Waals surface area contributed by atoms with Crippen LogP contribution in [0, 0.1) is 11.7 Å². The van der Waals surface area contributed by atoms with Crippen molar-refractivity contribution >= 4 is 0 Å². The molecule has 2 unspecified atom stereocenters. The van der Waals surface area contributed by atoms with Gasteiger partial charge in [0.05, 0.1) is 12.2 Å². The van der Waals surface area contributed by atoms with Crippen molar-refractivity contribution < 1.29 is 14.6 Å². The summed E-state index contributed by atoms with van der Waals surface area (Å²) in [5.41, 5.74) is 0.700. The molecular weight excluding hydrogens is 257 g/mol. The molecule has 0 fully saturated rings. The summed E-state index contributed by atoms with van der Waals surface area (Å²) in [5.74, 6) is 0.154. The molecule has 1 aromatic rings. The second kappa shape index (κ2) is 8.35. The number of nitrogens with zero attached hydrogens (tertiary/aromatic N) is 1. The summed E-state index contributed by atoms with van der Waals surface area (Å²) in [7, 11) is 0. The van der Waals surface area contributed by atoms with Crippen LogP contribution >= 0.6 is 0 Å². The Kier molecular flexibility index (Phi) is 7.13. The summed E-state index contributed by atoms with van der Waals surface area (Å²) in [6.07, 6.45) is -0.353. The fourth-order valence-corrected chi connectivity index (χ4v) is 2.20. The van der Waals surface area contributed by atoms with Crippen LogP contribution in [0.5, 0.6) is 0 Å². The van der Waals surface area contributed by atoms with E-state index in [4.69, 9.17) is 0 Å². The zero-order chi connectivity index (χ0) is 15.1. The third-order valence-corrected chi connectivity index (χ3v) is 3.25. The van der Waals surface area contributed by atoms with Gasteiger partial charge >= 0.3 is 0 Å². The molecule has 1 rings (SSSR count). The smallest absolute Gasteiger partial charge is 0.123 e. The van der Waals surface area contributed by atoms with Crippen molar-refractivity contribution in [3.8, 4) is 0 Å². The van der Waals surface area contributed by atoms with Crippen LogP contribution in [0.15, 0.2) is 24.3 Å². The van der Waals surface area contributed by atoms with Crippen molar-refractivity contribution in [2.45, 2.75) is 39.4 Å². The van der Waals surface area contributed by atoms with Gasteiger partial charge in [0.15, 0.2) is 0 Å². The van der Waals surface area contributed by atoms with Gasteiger partial charge < -0.3 is 10.2 Å². The lowest BCUT2D eigenvalue weighted by atomic mass is 10.1. The molecule has 1 aromatic carbocycles. The quantitative estimate of drug-likeness (QED) is 0.770. The molecule has 2 atom stereocenters. The van der Waals surface area contributed by atoms with Gasteiger partial charge in [0.25, 0.3) is 0 Å². The third kappa shape index (κ3) is 5.99. The van der Waals surface area contributed by atoms with E-state index in [0.717, 1.165) is 6.54 Å². The maximum absolute atomic E-state index is 12.9. The molecule has 114 valence electrons. The molecule has 0 spiro atoms. The Balaban J connectivity index is 2.65. The molecule has 3 nitrogen and oxygen atoms in total. The molecule has 0 radical (unpaired) electrons. The highest BCUT2D eigenvalue weighted by Crippen LogP contribution is 2.16. The molecule has 0 heterocycles. The number of rotatable bonds is 8. The average molecular weight is 283 g/mol. The number of benzene rings is 1. The summed E-state index contributed by atoms with van der Waals surface area (Å²) < 4.78 is 12.9. The normalized spacial score (nSPS) is 14.8. The zero-order valence-electron chi connectivity index (χ0n) is 12.6. The first-order valence-electron chi connectivity index (χ1n) is 7.26. The fraction of sp³-hybridized carbons (Fsp3) is 0.625. The number of aliphatic hydroxyl groups is 2. The van der Waals surface area contributed by atoms with E-state index in [1.54, 1.807) is 12.1 Å². The van der Waals surface area contributed by atoms with Gasteiger partial charge in [-0.1, -0.05) is 32.9 Å². The summed E-state index contributed by atoms with van der Waals surface area (Å²) in [6.45, 7) is 7.96. The van der Waals surface area contributed by atoms with E-state index in [1.165, 1.54) is 12.1 Å². The van der Waals surface area contributed by atoms with Crippen LogP contribution in [0.2, 0.25) is 0 Å². The Morgan fingerprint density at radius 1 is 1.05 bits per heavy atom. The Hall–Kier alpha value is -0.970. The van der Waals surface area contributed by atoms with Crippen LogP contribution < -0.4 is 0 Å². The SMILES string of the molecule is CCC(O)CN(CC(C)C)CC(O)c1ccc(F)cc1. The van der Waals surface area contributed by atoms with Crippen molar-refractivity contribution in [1.82, 2.24) is 4.90 Å². The van der Waals surface area contributed by atoms with Gasteiger partial charge in [-0.05, 0) is 30.0 Å². The molecule has 0 aliphatic heterocycles. The molecule has 0 amide bonds. The summed E-state index contributed by atoms with van der Waals surface area (Å²) >= 11 is 0. The topological polar surface area (TPSA) is 43.7 Å². The van der Waals surface area contributed by atoms with E-state index in [0.29, 0.717) is 31.0 Å². The first kappa shape index (κ1) is 17.1. The van der Waals surface area contributed by atoms with Gasteiger partial charge in [-0.3, -0.25) is 4.90 Å². The Bertz CT molecular complexity index is 381.